The normalized spacial score (nSPS) is 10.8. The number of benzene rings is 3. The monoisotopic (exact) mass is 445 g/mol. The highest BCUT2D eigenvalue weighted by Gasteiger charge is 2.22. The fourth-order valence-electron chi connectivity index (χ4n) is 3.86. The van der Waals surface area contributed by atoms with E-state index in [4.69, 9.17) is 9.84 Å². The van der Waals surface area contributed by atoms with Crippen LogP contribution >= 0.6 is 0 Å². The van der Waals surface area contributed by atoms with Crippen LogP contribution in [-0.4, -0.2) is 28.0 Å². The molecule has 0 aliphatic carbocycles. The van der Waals surface area contributed by atoms with Gasteiger partial charge in [0.05, 0.1) is 29.7 Å². The Morgan fingerprint density at radius 2 is 1.82 bits per heavy atom. The number of hydrogen-bond acceptors (Lipinski definition) is 4. The number of carbonyl (C=O) groups is 1. The van der Waals surface area contributed by atoms with Crippen molar-refractivity contribution in [3.63, 3.8) is 0 Å². The van der Waals surface area contributed by atoms with E-state index in [9.17, 15) is 14.3 Å². The summed E-state index contributed by atoms with van der Waals surface area (Å²) in [6.45, 7) is 5.64. The first-order valence-corrected chi connectivity index (χ1v) is 10.4. The molecule has 0 saturated carbocycles. The highest BCUT2D eigenvalue weighted by molar-refractivity contribution is 5.96. The molecule has 0 unspecified atom stereocenters. The van der Waals surface area contributed by atoms with Crippen molar-refractivity contribution in [2.45, 2.75) is 20.8 Å². The number of methoxy groups -OCH3 is 1. The van der Waals surface area contributed by atoms with Gasteiger partial charge in [0.2, 0.25) is 0 Å². The minimum atomic E-state index is -1.04. The molecule has 1 aromatic heterocycles. The van der Waals surface area contributed by atoms with E-state index in [1.165, 1.54) is 13.2 Å². The zero-order chi connectivity index (χ0) is 23.7. The molecule has 4 aromatic rings. The van der Waals surface area contributed by atoms with Crippen LogP contribution in [0.4, 0.5) is 15.9 Å². The molecule has 168 valence electrons. The lowest BCUT2D eigenvalue weighted by Crippen LogP contribution is -2.08. The number of rotatable bonds is 6. The van der Waals surface area contributed by atoms with Gasteiger partial charge in [0.15, 0.2) is 11.6 Å². The van der Waals surface area contributed by atoms with E-state index in [2.05, 4.69) is 5.32 Å². The van der Waals surface area contributed by atoms with Crippen LogP contribution in [0.5, 0.6) is 5.75 Å². The minimum absolute atomic E-state index is 0.136. The Morgan fingerprint density at radius 1 is 1.06 bits per heavy atom. The highest BCUT2D eigenvalue weighted by Crippen LogP contribution is 2.38. The van der Waals surface area contributed by atoms with E-state index in [0.29, 0.717) is 28.3 Å². The summed E-state index contributed by atoms with van der Waals surface area (Å²) in [5.41, 5.74) is 5.11. The molecule has 7 heteroatoms. The molecule has 0 aliphatic heterocycles. The fourth-order valence-corrected chi connectivity index (χ4v) is 3.86. The molecule has 1 heterocycles. The van der Waals surface area contributed by atoms with E-state index in [0.717, 1.165) is 16.8 Å². The molecule has 2 N–H and O–H groups in total. The first kappa shape index (κ1) is 22.1. The number of para-hydroxylation sites is 1. The number of aromatic nitrogens is 2. The maximum Gasteiger partial charge on any atom is 0.337 e. The van der Waals surface area contributed by atoms with Crippen molar-refractivity contribution >= 4 is 17.5 Å². The third kappa shape index (κ3) is 4.17. The number of aryl methyl sites for hydroxylation is 3. The molecule has 6 nitrogen and oxygen atoms in total. The first-order chi connectivity index (χ1) is 15.8. The lowest BCUT2D eigenvalue weighted by Gasteiger charge is -2.16. The molecule has 33 heavy (non-hydrogen) atoms. The van der Waals surface area contributed by atoms with Gasteiger partial charge in [-0.2, -0.15) is 5.10 Å². The van der Waals surface area contributed by atoms with Gasteiger partial charge in [0.25, 0.3) is 0 Å². The van der Waals surface area contributed by atoms with Gasteiger partial charge in [-0.1, -0.05) is 35.9 Å². The van der Waals surface area contributed by atoms with E-state index in [-0.39, 0.29) is 11.3 Å². The second-order valence-electron chi connectivity index (χ2n) is 7.84. The minimum Gasteiger partial charge on any atom is -0.494 e. The number of nitrogens with one attached hydrogen (secondary N) is 1. The molecule has 0 amide bonds. The number of carboxylic acids is 1. The lowest BCUT2D eigenvalue weighted by atomic mass is 10.0. The van der Waals surface area contributed by atoms with Crippen molar-refractivity contribution in [2.24, 2.45) is 0 Å². The van der Waals surface area contributed by atoms with Crippen molar-refractivity contribution < 1.29 is 19.0 Å². The molecule has 4 rings (SSSR count). The Bertz CT molecular complexity index is 1360. The summed E-state index contributed by atoms with van der Waals surface area (Å²) in [5.74, 6) is -0.857. The largest absolute Gasteiger partial charge is 0.494 e. The summed E-state index contributed by atoms with van der Waals surface area (Å²) in [4.78, 5) is 11.9. The van der Waals surface area contributed by atoms with Crippen LogP contribution in [-0.2, 0) is 0 Å². The number of halogens is 1. The number of anilines is 2. The van der Waals surface area contributed by atoms with Gasteiger partial charge in [0, 0.05) is 5.56 Å². The van der Waals surface area contributed by atoms with Crippen LogP contribution in [0.1, 0.15) is 27.2 Å². The van der Waals surface area contributed by atoms with Crippen molar-refractivity contribution in [2.75, 3.05) is 12.4 Å². The maximum atomic E-state index is 14.6. The zero-order valence-corrected chi connectivity index (χ0v) is 18.8. The van der Waals surface area contributed by atoms with Gasteiger partial charge >= 0.3 is 5.97 Å². The fraction of sp³-hybridized carbons (Fsp3) is 0.154. The molecule has 0 radical (unpaired) electrons. The van der Waals surface area contributed by atoms with Gasteiger partial charge in [-0.25, -0.2) is 13.9 Å². The molecular weight excluding hydrogens is 421 g/mol. The van der Waals surface area contributed by atoms with Gasteiger partial charge < -0.3 is 15.2 Å². The quantitative estimate of drug-likeness (QED) is 0.378. The zero-order valence-electron chi connectivity index (χ0n) is 18.8. The average molecular weight is 445 g/mol. The Morgan fingerprint density at radius 3 is 2.48 bits per heavy atom. The van der Waals surface area contributed by atoms with Crippen molar-refractivity contribution in [3.05, 3.63) is 88.9 Å². The number of carboxylic acid groups (broad SMARTS) is 1. The van der Waals surface area contributed by atoms with E-state index in [1.54, 1.807) is 28.9 Å². The molecule has 0 spiro atoms. The number of aromatic carboxylic acids is 1. The summed E-state index contributed by atoms with van der Waals surface area (Å²) >= 11 is 0. The number of hydrogen-bond donors (Lipinski definition) is 2. The van der Waals surface area contributed by atoms with Gasteiger partial charge in [0.1, 0.15) is 5.82 Å². The van der Waals surface area contributed by atoms with Gasteiger partial charge in [-0.05, 0) is 62.2 Å². The predicted octanol–water partition coefficient (Wildman–Crippen LogP) is 6.05. The Kier molecular flexibility index (Phi) is 5.87. The third-order valence-electron chi connectivity index (χ3n) is 5.50. The Balaban J connectivity index is 1.97. The molecule has 0 atom stereocenters. The topological polar surface area (TPSA) is 76.4 Å². The maximum absolute atomic E-state index is 14.6. The molecule has 0 bridgehead atoms. The second kappa shape index (κ2) is 8.78. The van der Waals surface area contributed by atoms with Crippen LogP contribution in [0.25, 0.3) is 16.8 Å². The summed E-state index contributed by atoms with van der Waals surface area (Å²) in [6, 6.07) is 17.6. The summed E-state index contributed by atoms with van der Waals surface area (Å²) in [6.07, 6.45) is 0. The van der Waals surface area contributed by atoms with E-state index < -0.39 is 11.8 Å². The van der Waals surface area contributed by atoms with Crippen molar-refractivity contribution in [1.82, 2.24) is 9.78 Å². The summed E-state index contributed by atoms with van der Waals surface area (Å²) in [5, 5.41) is 17.8. The molecule has 3 aromatic carbocycles. The lowest BCUT2D eigenvalue weighted by molar-refractivity contribution is 0.0698. The Labute approximate surface area is 191 Å². The van der Waals surface area contributed by atoms with Crippen LogP contribution < -0.4 is 10.1 Å². The van der Waals surface area contributed by atoms with E-state index in [1.807, 2.05) is 51.1 Å². The van der Waals surface area contributed by atoms with Crippen LogP contribution in [0.3, 0.4) is 0 Å². The van der Waals surface area contributed by atoms with Crippen LogP contribution in [0.15, 0.2) is 60.7 Å². The summed E-state index contributed by atoms with van der Waals surface area (Å²) < 4.78 is 21.4. The van der Waals surface area contributed by atoms with Crippen molar-refractivity contribution in [1.29, 1.82) is 0 Å². The van der Waals surface area contributed by atoms with E-state index >= 15 is 0 Å². The smallest absolute Gasteiger partial charge is 0.337 e. The van der Waals surface area contributed by atoms with Gasteiger partial charge in [-0.3, -0.25) is 0 Å². The van der Waals surface area contributed by atoms with Crippen molar-refractivity contribution in [3.8, 4) is 22.6 Å². The SMILES string of the molecule is COc1ccc(-c2c(C)nn(-c3ccccc3C)c2Nc2ccc(C)cc2C(=O)O)cc1F. The van der Waals surface area contributed by atoms with Crippen LogP contribution in [0.2, 0.25) is 0 Å². The second-order valence-corrected chi connectivity index (χ2v) is 7.84. The van der Waals surface area contributed by atoms with Gasteiger partial charge in [-0.15, -0.1) is 0 Å². The van der Waals surface area contributed by atoms with Crippen LogP contribution in [0, 0.1) is 26.6 Å². The Hall–Kier alpha value is -4.13. The number of ether oxygens (including phenoxy) is 1. The average Bonchev–Trinajstić information content (AvgIpc) is 3.10. The highest BCUT2D eigenvalue weighted by atomic mass is 19.1. The molecule has 0 saturated heterocycles. The first-order valence-electron chi connectivity index (χ1n) is 10.4. The third-order valence-corrected chi connectivity index (χ3v) is 5.50. The molecule has 0 fully saturated rings. The standard InChI is InChI=1S/C26H24FN3O3/c1-15-9-11-21(19(13-15)26(31)32)28-25-24(18-10-12-23(33-4)20(27)14-18)17(3)29-30(25)22-8-6-5-7-16(22)2/h5-14,28H,1-4H3,(H,31,32). The molecular formula is C26H24FN3O3. The predicted molar refractivity (Wildman–Crippen MR) is 126 cm³/mol. The summed E-state index contributed by atoms with van der Waals surface area (Å²) in [7, 11) is 1.41. The molecule has 0 aliphatic rings. The number of nitrogens with zero attached hydrogens (tertiary/aromatic N) is 2.